The van der Waals surface area contributed by atoms with E-state index < -0.39 is 11.6 Å². The van der Waals surface area contributed by atoms with E-state index in [4.69, 9.17) is 10.5 Å². The summed E-state index contributed by atoms with van der Waals surface area (Å²) in [6, 6.07) is 2.21. The van der Waals surface area contributed by atoms with Crippen molar-refractivity contribution in [3.05, 3.63) is 36.2 Å². The van der Waals surface area contributed by atoms with Crippen LogP contribution in [0.15, 0.2) is 24.5 Å². The number of hydrogen-bond donors (Lipinski definition) is 1. The van der Waals surface area contributed by atoms with Crippen LogP contribution in [0.5, 0.6) is 0 Å². The average molecular weight is 279 g/mol. The van der Waals surface area contributed by atoms with Crippen molar-refractivity contribution in [3.8, 4) is 11.1 Å². The van der Waals surface area contributed by atoms with E-state index in [2.05, 4.69) is 5.10 Å². The van der Waals surface area contributed by atoms with Crippen LogP contribution in [-0.4, -0.2) is 16.4 Å². The SMILES string of the molecule is Nc1cc(F)c(-c2cnn(C3CCCCO3)c2)c(F)c1. The predicted molar refractivity (Wildman–Crippen MR) is 70.8 cm³/mol. The molecule has 106 valence electrons. The summed E-state index contributed by atoms with van der Waals surface area (Å²) in [6.45, 7) is 0.685. The molecule has 1 fully saturated rings. The van der Waals surface area contributed by atoms with Crippen LogP contribution >= 0.6 is 0 Å². The van der Waals surface area contributed by atoms with Crippen molar-refractivity contribution < 1.29 is 13.5 Å². The number of nitrogen functional groups attached to an aromatic ring is 1. The van der Waals surface area contributed by atoms with Gasteiger partial charge in [0.1, 0.15) is 17.9 Å². The lowest BCUT2D eigenvalue weighted by Gasteiger charge is -2.22. The molecule has 20 heavy (non-hydrogen) atoms. The molecule has 1 saturated heterocycles. The summed E-state index contributed by atoms with van der Waals surface area (Å²) in [5, 5.41) is 4.15. The Morgan fingerprint density at radius 3 is 2.65 bits per heavy atom. The third-order valence-electron chi connectivity index (χ3n) is 3.41. The summed E-state index contributed by atoms with van der Waals surface area (Å²) in [5.74, 6) is -1.38. The maximum atomic E-state index is 13.9. The highest BCUT2D eigenvalue weighted by atomic mass is 19.1. The van der Waals surface area contributed by atoms with Crippen LogP contribution < -0.4 is 5.73 Å². The molecular formula is C14H15F2N3O. The molecule has 2 heterocycles. The Balaban J connectivity index is 1.94. The molecule has 6 heteroatoms. The molecule has 0 saturated carbocycles. The van der Waals surface area contributed by atoms with Crippen LogP contribution in [0.2, 0.25) is 0 Å². The summed E-state index contributed by atoms with van der Waals surface area (Å²) in [6.07, 6.45) is 5.84. The summed E-state index contributed by atoms with van der Waals surface area (Å²) in [4.78, 5) is 0. The van der Waals surface area contributed by atoms with E-state index in [9.17, 15) is 8.78 Å². The first kappa shape index (κ1) is 13.1. The lowest BCUT2D eigenvalue weighted by Crippen LogP contribution is -2.18. The monoisotopic (exact) mass is 279 g/mol. The van der Waals surface area contributed by atoms with Gasteiger partial charge in [0, 0.05) is 24.1 Å². The van der Waals surface area contributed by atoms with Gasteiger partial charge in [-0.05, 0) is 31.4 Å². The van der Waals surface area contributed by atoms with E-state index in [1.54, 1.807) is 10.9 Å². The van der Waals surface area contributed by atoms with E-state index in [1.165, 1.54) is 6.20 Å². The summed E-state index contributed by atoms with van der Waals surface area (Å²) < 4.78 is 34.9. The second-order valence-electron chi connectivity index (χ2n) is 4.89. The van der Waals surface area contributed by atoms with Gasteiger partial charge < -0.3 is 10.5 Å². The molecule has 1 aliphatic heterocycles. The van der Waals surface area contributed by atoms with Gasteiger partial charge in [-0.25, -0.2) is 13.5 Å². The number of aromatic nitrogens is 2. The standard InChI is InChI=1S/C14H15F2N3O/c15-11-5-10(17)6-12(16)14(11)9-7-18-19(8-9)13-3-1-2-4-20-13/h5-8,13H,1-4,17H2. The molecule has 1 atom stereocenters. The number of rotatable bonds is 2. The van der Waals surface area contributed by atoms with Gasteiger partial charge in [0.05, 0.1) is 11.8 Å². The van der Waals surface area contributed by atoms with E-state index in [0.29, 0.717) is 12.2 Å². The first-order chi connectivity index (χ1) is 9.65. The lowest BCUT2D eigenvalue weighted by molar-refractivity contribution is -0.0394. The number of ether oxygens (including phenoxy) is 1. The molecule has 2 N–H and O–H groups in total. The minimum atomic E-state index is -0.688. The second kappa shape index (κ2) is 5.20. The van der Waals surface area contributed by atoms with E-state index in [0.717, 1.165) is 31.4 Å². The number of halogens is 2. The topological polar surface area (TPSA) is 53.1 Å². The quantitative estimate of drug-likeness (QED) is 0.859. The minimum Gasteiger partial charge on any atom is -0.399 e. The zero-order valence-corrected chi connectivity index (χ0v) is 10.9. The van der Waals surface area contributed by atoms with Crippen molar-refractivity contribution in [2.45, 2.75) is 25.5 Å². The Labute approximate surface area is 115 Å². The largest absolute Gasteiger partial charge is 0.399 e. The normalized spacial score (nSPS) is 19.2. The third kappa shape index (κ3) is 2.38. The molecular weight excluding hydrogens is 264 g/mol. The maximum absolute atomic E-state index is 13.9. The number of hydrogen-bond acceptors (Lipinski definition) is 3. The smallest absolute Gasteiger partial charge is 0.150 e. The highest BCUT2D eigenvalue weighted by Crippen LogP contribution is 2.29. The summed E-state index contributed by atoms with van der Waals surface area (Å²) in [5.41, 5.74) is 5.74. The van der Waals surface area contributed by atoms with Crippen molar-refractivity contribution in [2.75, 3.05) is 12.3 Å². The van der Waals surface area contributed by atoms with Crippen molar-refractivity contribution >= 4 is 5.69 Å². The zero-order chi connectivity index (χ0) is 14.1. The summed E-state index contributed by atoms with van der Waals surface area (Å²) >= 11 is 0. The van der Waals surface area contributed by atoms with E-state index >= 15 is 0 Å². The number of benzene rings is 1. The van der Waals surface area contributed by atoms with Crippen LogP contribution in [0.4, 0.5) is 14.5 Å². The molecule has 1 unspecified atom stereocenters. The van der Waals surface area contributed by atoms with Gasteiger partial charge in [-0.3, -0.25) is 0 Å². The Bertz CT molecular complexity index is 598. The van der Waals surface area contributed by atoms with Crippen LogP contribution in [0.3, 0.4) is 0 Å². The Hall–Kier alpha value is -1.95. The molecule has 3 rings (SSSR count). The Kier molecular flexibility index (Phi) is 3.40. The molecule has 0 amide bonds. The predicted octanol–water partition coefficient (Wildman–Crippen LogP) is 3.11. The van der Waals surface area contributed by atoms with E-state index in [-0.39, 0.29) is 17.5 Å². The molecule has 0 spiro atoms. The Morgan fingerprint density at radius 1 is 1.25 bits per heavy atom. The molecule has 0 bridgehead atoms. The summed E-state index contributed by atoms with van der Waals surface area (Å²) in [7, 11) is 0. The van der Waals surface area contributed by atoms with Crippen LogP contribution in [0.1, 0.15) is 25.5 Å². The number of nitrogens with two attached hydrogens (primary N) is 1. The van der Waals surface area contributed by atoms with E-state index in [1.807, 2.05) is 0 Å². The molecule has 1 aromatic carbocycles. The van der Waals surface area contributed by atoms with Crippen molar-refractivity contribution in [1.82, 2.24) is 9.78 Å². The van der Waals surface area contributed by atoms with Gasteiger partial charge in [0.2, 0.25) is 0 Å². The fourth-order valence-corrected chi connectivity index (χ4v) is 2.43. The highest BCUT2D eigenvalue weighted by molar-refractivity contribution is 5.65. The molecule has 0 aliphatic carbocycles. The van der Waals surface area contributed by atoms with Gasteiger partial charge in [-0.2, -0.15) is 5.10 Å². The molecule has 0 radical (unpaired) electrons. The van der Waals surface area contributed by atoms with Gasteiger partial charge in [0.15, 0.2) is 0 Å². The molecule has 4 nitrogen and oxygen atoms in total. The number of nitrogens with zero attached hydrogens (tertiary/aromatic N) is 2. The fourth-order valence-electron chi connectivity index (χ4n) is 2.43. The van der Waals surface area contributed by atoms with Gasteiger partial charge in [0.25, 0.3) is 0 Å². The van der Waals surface area contributed by atoms with Crippen molar-refractivity contribution in [1.29, 1.82) is 0 Å². The minimum absolute atomic E-state index is 0.0618. The van der Waals surface area contributed by atoms with Crippen molar-refractivity contribution in [3.63, 3.8) is 0 Å². The molecule has 2 aromatic rings. The van der Waals surface area contributed by atoms with Crippen LogP contribution in [0, 0.1) is 11.6 Å². The second-order valence-corrected chi connectivity index (χ2v) is 4.89. The first-order valence-corrected chi connectivity index (χ1v) is 6.56. The highest BCUT2D eigenvalue weighted by Gasteiger charge is 2.19. The molecule has 1 aromatic heterocycles. The fraction of sp³-hybridized carbons (Fsp3) is 0.357. The zero-order valence-electron chi connectivity index (χ0n) is 10.9. The van der Waals surface area contributed by atoms with Gasteiger partial charge >= 0.3 is 0 Å². The van der Waals surface area contributed by atoms with Gasteiger partial charge in [-0.1, -0.05) is 0 Å². The van der Waals surface area contributed by atoms with Crippen molar-refractivity contribution in [2.24, 2.45) is 0 Å². The first-order valence-electron chi connectivity index (χ1n) is 6.56. The Morgan fingerprint density at radius 2 is 2.00 bits per heavy atom. The number of anilines is 1. The molecule has 1 aliphatic rings. The van der Waals surface area contributed by atoms with Crippen LogP contribution in [0.25, 0.3) is 11.1 Å². The van der Waals surface area contributed by atoms with Crippen LogP contribution in [-0.2, 0) is 4.74 Å². The average Bonchev–Trinajstić information content (AvgIpc) is 2.88. The lowest BCUT2D eigenvalue weighted by atomic mass is 10.1. The maximum Gasteiger partial charge on any atom is 0.150 e. The third-order valence-corrected chi connectivity index (χ3v) is 3.41. The van der Waals surface area contributed by atoms with Gasteiger partial charge in [-0.15, -0.1) is 0 Å².